The van der Waals surface area contributed by atoms with Crippen LogP contribution in [0.4, 0.5) is 0 Å². The smallest absolute Gasteiger partial charge is 0.326 e. The second-order valence-corrected chi connectivity index (χ2v) is 9.67. The molecule has 0 saturated carbocycles. The van der Waals surface area contributed by atoms with Gasteiger partial charge in [0.15, 0.2) is 0 Å². The molecular formula is C24H36N4O8S. The Labute approximate surface area is 219 Å². The first kappa shape index (κ1) is 31.7. The monoisotopic (exact) mass is 540 g/mol. The van der Waals surface area contributed by atoms with Gasteiger partial charge in [-0.25, -0.2) is 4.79 Å². The standard InChI is InChI=1S/C24H36N4O8S/c1-4-13(2)20(28-21(32)16(25)11-14-5-7-15(29)8-6-14)23(34)26-17(9-10-37-3)22(33)27-18(24(35)36)12-19(30)31/h5-8,13,16-18,20,29H,4,9-12,25H2,1-3H3,(H,26,34)(H,27,33)(H,28,32)(H,30,31)(H,35,36). The summed E-state index contributed by atoms with van der Waals surface area (Å²) >= 11 is 1.40. The predicted molar refractivity (Wildman–Crippen MR) is 138 cm³/mol. The molecule has 0 aromatic heterocycles. The first-order valence-corrected chi connectivity index (χ1v) is 13.2. The zero-order valence-electron chi connectivity index (χ0n) is 21.1. The van der Waals surface area contributed by atoms with Gasteiger partial charge in [0, 0.05) is 0 Å². The second kappa shape index (κ2) is 15.7. The maximum absolute atomic E-state index is 13.2. The zero-order chi connectivity index (χ0) is 28.1. The first-order chi connectivity index (χ1) is 17.4. The normalized spacial score (nSPS) is 14.9. The number of aliphatic carboxylic acids is 2. The fourth-order valence-electron chi connectivity index (χ4n) is 3.35. The average molecular weight is 541 g/mol. The summed E-state index contributed by atoms with van der Waals surface area (Å²) in [5.41, 5.74) is 6.75. The molecule has 206 valence electrons. The van der Waals surface area contributed by atoms with Gasteiger partial charge in [0.1, 0.15) is 23.9 Å². The van der Waals surface area contributed by atoms with Gasteiger partial charge in [0.25, 0.3) is 0 Å². The molecule has 0 radical (unpaired) electrons. The zero-order valence-corrected chi connectivity index (χ0v) is 21.9. The van der Waals surface area contributed by atoms with E-state index in [2.05, 4.69) is 16.0 Å². The summed E-state index contributed by atoms with van der Waals surface area (Å²) in [6.07, 6.45) is 1.81. The molecule has 1 rings (SSSR count). The van der Waals surface area contributed by atoms with E-state index in [9.17, 15) is 34.2 Å². The molecule has 1 aromatic rings. The number of phenols is 1. The highest BCUT2D eigenvalue weighted by Gasteiger charge is 2.32. The molecule has 5 atom stereocenters. The molecule has 1 aromatic carbocycles. The molecule has 0 aliphatic rings. The summed E-state index contributed by atoms with van der Waals surface area (Å²) in [6, 6.07) is 1.39. The van der Waals surface area contributed by atoms with E-state index in [0.29, 0.717) is 17.7 Å². The third kappa shape index (κ3) is 11.1. The van der Waals surface area contributed by atoms with Crippen molar-refractivity contribution in [1.82, 2.24) is 16.0 Å². The number of benzene rings is 1. The number of thioether (sulfide) groups is 1. The number of carboxylic acids is 2. The van der Waals surface area contributed by atoms with Crippen molar-refractivity contribution in [1.29, 1.82) is 0 Å². The summed E-state index contributed by atoms with van der Waals surface area (Å²) in [5.74, 6) is -4.78. The van der Waals surface area contributed by atoms with Crippen molar-refractivity contribution in [2.45, 2.75) is 63.7 Å². The van der Waals surface area contributed by atoms with Gasteiger partial charge < -0.3 is 37.0 Å². The van der Waals surface area contributed by atoms with E-state index in [1.54, 1.807) is 25.3 Å². The number of rotatable bonds is 16. The Kier molecular flexibility index (Phi) is 13.5. The maximum atomic E-state index is 13.2. The number of carboxylic acid groups (broad SMARTS) is 2. The van der Waals surface area contributed by atoms with Crippen molar-refractivity contribution in [2.24, 2.45) is 11.7 Å². The fourth-order valence-corrected chi connectivity index (χ4v) is 3.83. The van der Waals surface area contributed by atoms with Gasteiger partial charge in [-0.1, -0.05) is 32.4 Å². The third-order valence-corrected chi connectivity index (χ3v) is 6.40. The molecule has 13 heteroatoms. The molecular weight excluding hydrogens is 504 g/mol. The third-order valence-electron chi connectivity index (χ3n) is 5.76. The number of carbonyl (C=O) groups is 5. The van der Waals surface area contributed by atoms with Gasteiger partial charge in [-0.2, -0.15) is 11.8 Å². The molecule has 0 aliphatic carbocycles. The number of hydrogen-bond acceptors (Lipinski definition) is 8. The Morgan fingerprint density at radius 1 is 0.946 bits per heavy atom. The lowest BCUT2D eigenvalue weighted by atomic mass is 9.96. The maximum Gasteiger partial charge on any atom is 0.326 e. The molecule has 3 amide bonds. The van der Waals surface area contributed by atoms with Crippen molar-refractivity contribution < 1.29 is 39.3 Å². The van der Waals surface area contributed by atoms with Crippen molar-refractivity contribution in [3.05, 3.63) is 29.8 Å². The Bertz CT molecular complexity index is 943. The lowest BCUT2D eigenvalue weighted by molar-refractivity contribution is -0.147. The highest BCUT2D eigenvalue weighted by atomic mass is 32.2. The van der Waals surface area contributed by atoms with Crippen molar-refractivity contribution in [2.75, 3.05) is 12.0 Å². The van der Waals surface area contributed by atoms with Gasteiger partial charge in [-0.3, -0.25) is 19.2 Å². The molecule has 0 bridgehead atoms. The number of nitrogens with one attached hydrogen (secondary N) is 3. The molecule has 0 heterocycles. The van der Waals surface area contributed by atoms with Crippen molar-refractivity contribution in [3.63, 3.8) is 0 Å². The van der Waals surface area contributed by atoms with Gasteiger partial charge in [0.05, 0.1) is 12.5 Å². The number of hydrogen-bond donors (Lipinski definition) is 7. The second-order valence-electron chi connectivity index (χ2n) is 8.69. The minimum absolute atomic E-state index is 0.0768. The average Bonchev–Trinajstić information content (AvgIpc) is 2.84. The summed E-state index contributed by atoms with van der Waals surface area (Å²) in [5, 5.41) is 34.9. The molecule has 12 nitrogen and oxygen atoms in total. The van der Waals surface area contributed by atoms with Crippen LogP contribution in [0.1, 0.15) is 38.7 Å². The molecule has 0 spiro atoms. The van der Waals surface area contributed by atoms with Crippen molar-refractivity contribution in [3.8, 4) is 5.75 Å². The molecule has 0 aliphatic heterocycles. The number of aromatic hydroxyl groups is 1. The van der Waals surface area contributed by atoms with Crippen LogP contribution in [0.15, 0.2) is 24.3 Å². The highest BCUT2D eigenvalue weighted by molar-refractivity contribution is 7.98. The van der Waals surface area contributed by atoms with E-state index in [4.69, 9.17) is 10.8 Å². The van der Waals surface area contributed by atoms with Crippen LogP contribution in [0.5, 0.6) is 5.75 Å². The molecule has 8 N–H and O–H groups in total. The number of phenolic OH excluding ortho intramolecular Hbond substituents is 1. The number of amides is 3. The molecule has 0 saturated heterocycles. The topological polar surface area (TPSA) is 208 Å². The summed E-state index contributed by atoms with van der Waals surface area (Å²) in [4.78, 5) is 61.1. The van der Waals surface area contributed by atoms with E-state index in [1.165, 1.54) is 23.9 Å². The van der Waals surface area contributed by atoms with Crippen LogP contribution in [-0.4, -0.2) is 81.2 Å². The van der Waals surface area contributed by atoms with Gasteiger partial charge in [0.2, 0.25) is 17.7 Å². The fraction of sp³-hybridized carbons (Fsp3) is 0.542. The Morgan fingerprint density at radius 2 is 1.54 bits per heavy atom. The van der Waals surface area contributed by atoms with E-state index >= 15 is 0 Å². The first-order valence-electron chi connectivity index (χ1n) is 11.8. The summed E-state index contributed by atoms with van der Waals surface area (Å²) in [6.45, 7) is 3.58. The minimum atomic E-state index is -1.67. The Morgan fingerprint density at radius 3 is 2.05 bits per heavy atom. The van der Waals surface area contributed by atoms with Crippen LogP contribution < -0.4 is 21.7 Å². The van der Waals surface area contributed by atoms with Crippen molar-refractivity contribution >= 4 is 41.4 Å². The molecule has 5 unspecified atom stereocenters. The predicted octanol–water partition coefficient (Wildman–Crippen LogP) is 0.0749. The van der Waals surface area contributed by atoms with E-state index in [-0.39, 0.29) is 24.5 Å². The van der Waals surface area contributed by atoms with E-state index in [0.717, 1.165) is 0 Å². The highest BCUT2D eigenvalue weighted by Crippen LogP contribution is 2.13. The lowest BCUT2D eigenvalue weighted by Gasteiger charge is -2.28. The molecule has 37 heavy (non-hydrogen) atoms. The summed E-state index contributed by atoms with van der Waals surface area (Å²) < 4.78 is 0. The van der Waals surface area contributed by atoms with Gasteiger partial charge in [-0.15, -0.1) is 0 Å². The number of nitrogens with two attached hydrogens (primary N) is 1. The minimum Gasteiger partial charge on any atom is -0.508 e. The lowest BCUT2D eigenvalue weighted by Crippen LogP contribution is -2.59. The van der Waals surface area contributed by atoms with Gasteiger partial charge >= 0.3 is 11.9 Å². The van der Waals surface area contributed by atoms with Gasteiger partial charge in [-0.05, 0) is 48.5 Å². The largest absolute Gasteiger partial charge is 0.508 e. The van der Waals surface area contributed by atoms with Crippen LogP contribution in [0, 0.1) is 5.92 Å². The van der Waals surface area contributed by atoms with Crippen LogP contribution in [-0.2, 0) is 30.4 Å². The van der Waals surface area contributed by atoms with Crippen LogP contribution in [0.25, 0.3) is 0 Å². The number of carbonyl (C=O) groups excluding carboxylic acids is 3. The quantitative estimate of drug-likeness (QED) is 0.150. The summed E-state index contributed by atoms with van der Waals surface area (Å²) in [7, 11) is 0. The SMILES string of the molecule is CCC(C)C(NC(=O)C(N)Cc1ccc(O)cc1)C(=O)NC(CCSC)C(=O)NC(CC(=O)O)C(=O)O. The molecule has 0 fully saturated rings. The Balaban J connectivity index is 2.98. The van der Waals surface area contributed by atoms with Crippen LogP contribution in [0.2, 0.25) is 0 Å². The van der Waals surface area contributed by atoms with E-state index < -0.39 is 60.2 Å². The Hall–Kier alpha value is -3.32. The van der Waals surface area contributed by atoms with Crippen LogP contribution in [0.3, 0.4) is 0 Å². The van der Waals surface area contributed by atoms with E-state index in [1.807, 2.05) is 6.92 Å². The van der Waals surface area contributed by atoms with Crippen LogP contribution >= 0.6 is 11.8 Å².